The van der Waals surface area contributed by atoms with E-state index in [1.165, 1.54) is 51.6 Å². The normalized spacial score (nSPS) is 38.5. The molecule has 0 bridgehead atoms. The van der Waals surface area contributed by atoms with Crippen LogP contribution in [0.25, 0.3) is 0 Å². The van der Waals surface area contributed by atoms with Crippen molar-refractivity contribution in [1.29, 1.82) is 0 Å². The molecular weight excluding hydrogens is 208 g/mol. The molecule has 2 fully saturated rings. The molecule has 1 saturated heterocycles. The Kier molecular flexibility index (Phi) is 3.84. The molecule has 1 aliphatic carbocycles. The smallest absolute Gasteiger partial charge is 0.0278 e. The van der Waals surface area contributed by atoms with E-state index in [1.807, 2.05) is 0 Å². The van der Waals surface area contributed by atoms with Crippen molar-refractivity contribution in [3.05, 3.63) is 0 Å². The highest BCUT2D eigenvalue weighted by Crippen LogP contribution is 2.38. The fourth-order valence-corrected chi connectivity index (χ4v) is 3.69. The van der Waals surface area contributed by atoms with Gasteiger partial charge in [-0.05, 0) is 39.5 Å². The van der Waals surface area contributed by atoms with Crippen molar-refractivity contribution < 1.29 is 0 Å². The summed E-state index contributed by atoms with van der Waals surface area (Å²) in [6.07, 6.45) is 8.18. The monoisotopic (exact) mass is 238 g/mol. The Balaban J connectivity index is 2.15. The molecule has 2 nitrogen and oxygen atoms in total. The third kappa shape index (κ3) is 2.53. The van der Waals surface area contributed by atoms with Crippen LogP contribution in [0, 0.1) is 0 Å². The number of hydrogen-bond acceptors (Lipinski definition) is 2. The zero-order valence-corrected chi connectivity index (χ0v) is 12.2. The summed E-state index contributed by atoms with van der Waals surface area (Å²) in [5, 5.41) is 3.78. The molecule has 1 N–H and O–H groups in total. The highest BCUT2D eigenvalue weighted by Gasteiger charge is 2.43. The van der Waals surface area contributed by atoms with Crippen LogP contribution in [-0.4, -0.2) is 35.1 Å². The van der Waals surface area contributed by atoms with E-state index >= 15 is 0 Å². The number of hydrogen-bond donors (Lipinski definition) is 1. The Labute approximate surface area is 107 Å². The third-order valence-corrected chi connectivity index (χ3v) is 5.35. The third-order valence-electron chi connectivity index (χ3n) is 5.35. The Bertz CT molecular complexity index is 258. The minimum absolute atomic E-state index is 0.331. The molecule has 1 saturated carbocycles. The summed E-state index contributed by atoms with van der Waals surface area (Å²) in [5.74, 6) is 0. The molecule has 1 aliphatic heterocycles. The lowest BCUT2D eigenvalue weighted by Crippen LogP contribution is -2.67. The lowest BCUT2D eigenvalue weighted by molar-refractivity contribution is -0.00409. The Hall–Kier alpha value is -0.0800. The van der Waals surface area contributed by atoms with E-state index in [0.29, 0.717) is 11.1 Å². The van der Waals surface area contributed by atoms with Crippen molar-refractivity contribution in [3.8, 4) is 0 Å². The SMILES string of the molecule is CCC1CNC(C)(CC)CN1C1(C)CCCC1. The van der Waals surface area contributed by atoms with Gasteiger partial charge in [-0.2, -0.15) is 0 Å². The number of piperazine rings is 1. The first-order valence-electron chi connectivity index (χ1n) is 7.55. The Morgan fingerprint density at radius 3 is 2.35 bits per heavy atom. The highest BCUT2D eigenvalue weighted by atomic mass is 15.3. The van der Waals surface area contributed by atoms with Crippen LogP contribution in [0.15, 0.2) is 0 Å². The van der Waals surface area contributed by atoms with E-state index < -0.39 is 0 Å². The average Bonchev–Trinajstić information content (AvgIpc) is 2.77. The maximum atomic E-state index is 3.78. The van der Waals surface area contributed by atoms with E-state index in [4.69, 9.17) is 0 Å². The van der Waals surface area contributed by atoms with Gasteiger partial charge in [0.15, 0.2) is 0 Å². The van der Waals surface area contributed by atoms with Crippen molar-refractivity contribution in [1.82, 2.24) is 10.2 Å². The zero-order chi connectivity index (χ0) is 12.5. The van der Waals surface area contributed by atoms with E-state index in [9.17, 15) is 0 Å². The average molecular weight is 238 g/mol. The predicted molar refractivity (Wildman–Crippen MR) is 74.4 cm³/mol. The predicted octanol–water partition coefficient (Wildman–Crippen LogP) is 3.17. The van der Waals surface area contributed by atoms with Gasteiger partial charge in [-0.25, -0.2) is 0 Å². The van der Waals surface area contributed by atoms with Crippen molar-refractivity contribution in [2.45, 2.75) is 83.3 Å². The van der Waals surface area contributed by atoms with Crippen LogP contribution >= 0.6 is 0 Å². The second kappa shape index (κ2) is 4.89. The van der Waals surface area contributed by atoms with Crippen LogP contribution in [0.3, 0.4) is 0 Å². The lowest BCUT2D eigenvalue weighted by Gasteiger charge is -2.52. The maximum Gasteiger partial charge on any atom is 0.0278 e. The molecule has 2 rings (SSSR count). The molecule has 0 aromatic heterocycles. The summed E-state index contributed by atoms with van der Waals surface area (Å²) in [6, 6.07) is 0.748. The zero-order valence-electron chi connectivity index (χ0n) is 12.2. The molecule has 0 amide bonds. The molecule has 0 spiro atoms. The van der Waals surface area contributed by atoms with Crippen molar-refractivity contribution in [3.63, 3.8) is 0 Å². The van der Waals surface area contributed by atoms with Crippen LogP contribution < -0.4 is 5.32 Å². The van der Waals surface area contributed by atoms with Crippen LogP contribution in [0.4, 0.5) is 0 Å². The second-order valence-corrected chi connectivity index (χ2v) is 6.69. The quantitative estimate of drug-likeness (QED) is 0.812. The lowest BCUT2D eigenvalue weighted by atomic mass is 9.86. The summed E-state index contributed by atoms with van der Waals surface area (Å²) in [5.41, 5.74) is 0.816. The van der Waals surface area contributed by atoms with Gasteiger partial charge in [0.25, 0.3) is 0 Å². The molecule has 2 unspecified atom stereocenters. The summed E-state index contributed by atoms with van der Waals surface area (Å²) >= 11 is 0. The van der Waals surface area contributed by atoms with Gasteiger partial charge in [0.1, 0.15) is 0 Å². The summed E-state index contributed by atoms with van der Waals surface area (Å²) in [4.78, 5) is 2.85. The van der Waals surface area contributed by atoms with Gasteiger partial charge in [-0.15, -0.1) is 0 Å². The fourth-order valence-electron chi connectivity index (χ4n) is 3.69. The summed E-state index contributed by atoms with van der Waals surface area (Å²) in [6.45, 7) is 12.0. The minimum atomic E-state index is 0.331. The number of nitrogens with one attached hydrogen (secondary N) is 1. The van der Waals surface area contributed by atoms with Gasteiger partial charge in [-0.3, -0.25) is 4.90 Å². The van der Waals surface area contributed by atoms with Gasteiger partial charge in [-0.1, -0.05) is 26.7 Å². The van der Waals surface area contributed by atoms with Crippen LogP contribution in [0.5, 0.6) is 0 Å². The van der Waals surface area contributed by atoms with Crippen molar-refractivity contribution in [2.75, 3.05) is 13.1 Å². The molecule has 2 atom stereocenters. The molecule has 2 aliphatic rings. The van der Waals surface area contributed by atoms with Crippen molar-refractivity contribution in [2.24, 2.45) is 0 Å². The van der Waals surface area contributed by atoms with Gasteiger partial charge >= 0.3 is 0 Å². The maximum absolute atomic E-state index is 3.78. The molecule has 0 aromatic carbocycles. The molecule has 1 heterocycles. The van der Waals surface area contributed by atoms with Gasteiger partial charge in [0.2, 0.25) is 0 Å². The molecule has 2 heteroatoms. The Morgan fingerprint density at radius 1 is 1.18 bits per heavy atom. The summed E-state index contributed by atoms with van der Waals surface area (Å²) in [7, 11) is 0. The molecular formula is C15H30N2. The second-order valence-electron chi connectivity index (χ2n) is 6.69. The van der Waals surface area contributed by atoms with Gasteiger partial charge in [0.05, 0.1) is 0 Å². The minimum Gasteiger partial charge on any atom is -0.309 e. The van der Waals surface area contributed by atoms with Gasteiger partial charge < -0.3 is 5.32 Å². The highest BCUT2D eigenvalue weighted by molar-refractivity contribution is 5.02. The van der Waals surface area contributed by atoms with E-state index in [0.717, 1.165) is 6.04 Å². The fraction of sp³-hybridized carbons (Fsp3) is 1.00. The largest absolute Gasteiger partial charge is 0.309 e. The molecule has 100 valence electrons. The van der Waals surface area contributed by atoms with E-state index in [2.05, 4.69) is 37.9 Å². The molecule has 0 radical (unpaired) electrons. The van der Waals surface area contributed by atoms with Crippen LogP contribution in [0.2, 0.25) is 0 Å². The number of nitrogens with zero attached hydrogens (tertiary/aromatic N) is 1. The topological polar surface area (TPSA) is 15.3 Å². The van der Waals surface area contributed by atoms with Crippen LogP contribution in [-0.2, 0) is 0 Å². The summed E-state index contributed by atoms with van der Waals surface area (Å²) < 4.78 is 0. The first kappa shape index (κ1) is 13.4. The van der Waals surface area contributed by atoms with Crippen LogP contribution in [0.1, 0.15) is 66.2 Å². The molecule has 17 heavy (non-hydrogen) atoms. The Morgan fingerprint density at radius 2 is 1.82 bits per heavy atom. The van der Waals surface area contributed by atoms with E-state index in [1.54, 1.807) is 0 Å². The van der Waals surface area contributed by atoms with Gasteiger partial charge in [0, 0.05) is 30.2 Å². The van der Waals surface area contributed by atoms with E-state index in [-0.39, 0.29) is 0 Å². The standard InChI is InChI=1S/C15H30N2/c1-5-13-11-16-14(3,6-2)12-17(13)15(4)9-7-8-10-15/h13,16H,5-12H2,1-4H3. The molecule has 0 aromatic rings. The van der Waals surface area contributed by atoms with Crippen molar-refractivity contribution >= 4 is 0 Å². The first-order valence-corrected chi connectivity index (χ1v) is 7.55. The number of rotatable bonds is 3. The first-order chi connectivity index (χ1) is 8.03.